The van der Waals surface area contributed by atoms with E-state index in [1.54, 1.807) is 31.2 Å². The fourth-order valence-corrected chi connectivity index (χ4v) is 1.33. The zero-order valence-electron chi connectivity index (χ0n) is 9.73. The van der Waals surface area contributed by atoms with Crippen LogP contribution in [-0.4, -0.2) is 18.5 Å². The lowest BCUT2D eigenvalue weighted by Crippen LogP contribution is -2.37. The van der Waals surface area contributed by atoms with Gasteiger partial charge in [-0.3, -0.25) is 4.79 Å². The number of nitrogens with zero attached hydrogens (tertiary/aromatic N) is 1. The smallest absolute Gasteiger partial charge is 0.242 e. The lowest BCUT2D eigenvalue weighted by Gasteiger charge is -2.15. The highest BCUT2D eigenvalue weighted by atomic mass is 16.2. The van der Waals surface area contributed by atoms with E-state index < -0.39 is 6.04 Å². The second-order valence-electron chi connectivity index (χ2n) is 3.56. The normalized spacial score (nSPS) is 11.1. The van der Waals surface area contributed by atoms with Crippen LogP contribution in [0.5, 0.6) is 0 Å². The van der Waals surface area contributed by atoms with Gasteiger partial charge in [0.1, 0.15) is 12.1 Å². The van der Waals surface area contributed by atoms with Crippen molar-refractivity contribution in [3.8, 4) is 6.07 Å². The minimum Gasteiger partial charge on any atom is -0.373 e. The average molecular weight is 229 g/mol. The van der Waals surface area contributed by atoms with Crippen LogP contribution in [0, 0.1) is 11.3 Å². The molecule has 0 spiro atoms. The van der Waals surface area contributed by atoms with Crippen LogP contribution >= 0.6 is 0 Å². The van der Waals surface area contributed by atoms with Gasteiger partial charge in [-0.25, -0.2) is 0 Å². The topological polar surface area (TPSA) is 64.9 Å². The van der Waals surface area contributed by atoms with Crippen LogP contribution in [-0.2, 0) is 4.79 Å². The van der Waals surface area contributed by atoms with Gasteiger partial charge in [0.2, 0.25) is 5.91 Å². The summed E-state index contributed by atoms with van der Waals surface area (Å²) in [6.45, 7) is 5.70. The van der Waals surface area contributed by atoms with Crippen LogP contribution in [0.1, 0.15) is 12.5 Å². The third kappa shape index (κ3) is 3.65. The van der Waals surface area contributed by atoms with E-state index in [-0.39, 0.29) is 5.91 Å². The van der Waals surface area contributed by atoms with E-state index >= 15 is 0 Å². The number of carbonyl (C=O) groups excluding carboxylic acids is 1. The van der Waals surface area contributed by atoms with Crippen molar-refractivity contribution in [2.45, 2.75) is 13.0 Å². The van der Waals surface area contributed by atoms with Crippen molar-refractivity contribution in [3.05, 3.63) is 42.5 Å². The predicted octanol–water partition coefficient (Wildman–Crippen LogP) is 1.66. The number of rotatable bonds is 5. The van der Waals surface area contributed by atoms with Gasteiger partial charge in [-0.05, 0) is 19.1 Å². The van der Waals surface area contributed by atoms with E-state index in [4.69, 9.17) is 5.26 Å². The molecule has 88 valence electrons. The molecule has 0 aliphatic carbocycles. The van der Waals surface area contributed by atoms with Gasteiger partial charge < -0.3 is 10.6 Å². The molecule has 0 aromatic heterocycles. The quantitative estimate of drug-likeness (QED) is 0.755. The molecule has 1 unspecified atom stereocenters. The van der Waals surface area contributed by atoms with Crippen LogP contribution in [0.4, 0.5) is 5.69 Å². The summed E-state index contributed by atoms with van der Waals surface area (Å²) in [7, 11) is 0. The number of carbonyl (C=O) groups is 1. The standard InChI is InChI=1S/C13H15N3O/c1-3-8-15-13(17)10(2)16-12-7-5-4-6-11(12)9-14/h3-7,10,16H,1,8H2,2H3,(H,15,17). The Balaban J connectivity index is 2.68. The maximum Gasteiger partial charge on any atom is 0.242 e. The molecule has 1 aromatic rings. The van der Waals surface area contributed by atoms with Crippen molar-refractivity contribution in [2.75, 3.05) is 11.9 Å². The molecular formula is C13H15N3O. The SMILES string of the molecule is C=CCNC(=O)C(C)Nc1ccccc1C#N. The molecular weight excluding hydrogens is 214 g/mol. The molecule has 0 saturated carbocycles. The first-order chi connectivity index (χ1) is 8.19. The molecule has 0 saturated heterocycles. The number of anilines is 1. The van der Waals surface area contributed by atoms with E-state index in [1.807, 2.05) is 6.07 Å². The number of nitrogens with one attached hydrogen (secondary N) is 2. The van der Waals surface area contributed by atoms with Crippen molar-refractivity contribution >= 4 is 11.6 Å². The molecule has 0 aliphatic rings. The van der Waals surface area contributed by atoms with Gasteiger partial charge in [0.05, 0.1) is 11.3 Å². The molecule has 0 radical (unpaired) electrons. The molecule has 1 rings (SSSR count). The van der Waals surface area contributed by atoms with E-state index in [0.29, 0.717) is 17.8 Å². The Morgan fingerprint density at radius 2 is 2.29 bits per heavy atom. The highest BCUT2D eigenvalue weighted by Gasteiger charge is 2.12. The maximum atomic E-state index is 11.6. The summed E-state index contributed by atoms with van der Waals surface area (Å²) < 4.78 is 0. The van der Waals surface area contributed by atoms with Gasteiger partial charge in [0.15, 0.2) is 0 Å². The molecule has 17 heavy (non-hydrogen) atoms. The number of hydrogen-bond donors (Lipinski definition) is 2. The van der Waals surface area contributed by atoms with Crippen LogP contribution in [0.3, 0.4) is 0 Å². The molecule has 0 aliphatic heterocycles. The molecule has 1 atom stereocenters. The van der Waals surface area contributed by atoms with Crippen LogP contribution in [0.15, 0.2) is 36.9 Å². The number of benzene rings is 1. The lowest BCUT2D eigenvalue weighted by atomic mass is 10.1. The predicted molar refractivity (Wildman–Crippen MR) is 67.4 cm³/mol. The molecule has 4 heteroatoms. The van der Waals surface area contributed by atoms with E-state index in [0.717, 1.165) is 0 Å². The number of nitriles is 1. The number of para-hydroxylation sites is 1. The third-order valence-electron chi connectivity index (χ3n) is 2.23. The van der Waals surface area contributed by atoms with Crippen molar-refractivity contribution in [3.63, 3.8) is 0 Å². The van der Waals surface area contributed by atoms with Gasteiger partial charge >= 0.3 is 0 Å². The highest BCUT2D eigenvalue weighted by Crippen LogP contribution is 2.14. The zero-order chi connectivity index (χ0) is 12.7. The molecule has 1 aromatic carbocycles. The molecule has 0 bridgehead atoms. The second kappa shape index (κ2) is 6.33. The largest absolute Gasteiger partial charge is 0.373 e. The fraction of sp³-hybridized carbons (Fsp3) is 0.231. The fourth-order valence-electron chi connectivity index (χ4n) is 1.33. The summed E-state index contributed by atoms with van der Waals surface area (Å²) in [5, 5.41) is 14.6. The zero-order valence-corrected chi connectivity index (χ0v) is 9.73. The Bertz CT molecular complexity index is 448. The molecule has 1 amide bonds. The summed E-state index contributed by atoms with van der Waals surface area (Å²) in [4.78, 5) is 11.6. The van der Waals surface area contributed by atoms with E-state index in [1.165, 1.54) is 0 Å². The van der Waals surface area contributed by atoms with Crippen molar-refractivity contribution < 1.29 is 4.79 Å². The Morgan fingerprint density at radius 1 is 1.59 bits per heavy atom. The first-order valence-corrected chi connectivity index (χ1v) is 5.33. The van der Waals surface area contributed by atoms with Gasteiger partial charge in [-0.1, -0.05) is 18.2 Å². The van der Waals surface area contributed by atoms with E-state index in [9.17, 15) is 4.79 Å². The summed E-state index contributed by atoms with van der Waals surface area (Å²) in [6, 6.07) is 8.75. The maximum absolute atomic E-state index is 11.6. The van der Waals surface area contributed by atoms with Gasteiger partial charge in [-0.15, -0.1) is 6.58 Å². The summed E-state index contributed by atoms with van der Waals surface area (Å²) in [5.74, 6) is -0.127. The van der Waals surface area contributed by atoms with Crippen LogP contribution in [0.2, 0.25) is 0 Å². The lowest BCUT2D eigenvalue weighted by molar-refractivity contribution is -0.121. The average Bonchev–Trinajstić information content (AvgIpc) is 2.36. The molecule has 0 fully saturated rings. The van der Waals surface area contributed by atoms with Crippen LogP contribution < -0.4 is 10.6 Å². The Hall–Kier alpha value is -2.28. The molecule has 0 heterocycles. The van der Waals surface area contributed by atoms with Crippen LogP contribution in [0.25, 0.3) is 0 Å². The molecule has 2 N–H and O–H groups in total. The number of hydrogen-bond acceptors (Lipinski definition) is 3. The third-order valence-corrected chi connectivity index (χ3v) is 2.23. The first kappa shape index (κ1) is 12.8. The van der Waals surface area contributed by atoms with Gasteiger partial charge in [-0.2, -0.15) is 5.26 Å². The Labute approximate surface area is 101 Å². The number of amides is 1. The highest BCUT2D eigenvalue weighted by molar-refractivity contribution is 5.84. The van der Waals surface area contributed by atoms with Crippen molar-refractivity contribution in [1.29, 1.82) is 5.26 Å². The van der Waals surface area contributed by atoms with E-state index in [2.05, 4.69) is 23.3 Å². The van der Waals surface area contributed by atoms with Crippen molar-refractivity contribution in [2.24, 2.45) is 0 Å². The molecule has 4 nitrogen and oxygen atoms in total. The summed E-state index contributed by atoms with van der Waals surface area (Å²) >= 11 is 0. The first-order valence-electron chi connectivity index (χ1n) is 5.33. The minimum absolute atomic E-state index is 0.127. The monoisotopic (exact) mass is 229 g/mol. The van der Waals surface area contributed by atoms with Crippen molar-refractivity contribution in [1.82, 2.24) is 5.32 Å². The minimum atomic E-state index is -0.399. The van der Waals surface area contributed by atoms with Gasteiger partial charge in [0, 0.05) is 6.54 Å². The second-order valence-corrected chi connectivity index (χ2v) is 3.56. The summed E-state index contributed by atoms with van der Waals surface area (Å²) in [6.07, 6.45) is 1.62. The summed E-state index contributed by atoms with van der Waals surface area (Å²) in [5.41, 5.74) is 1.19. The Morgan fingerprint density at radius 3 is 2.94 bits per heavy atom. The van der Waals surface area contributed by atoms with Gasteiger partial charge in [0.25, 0.3) is 0 Å². The Kier molecular flexibility index (Phi) is 4.77.